The lowest BCUT2D eigenvalue weighted by Crippen LogP contribution is -2.36. The molecule has 0 saturated carbocycles. The van der Waals surface area contributed by atoms with Gasteiger partial charge in [0.05, 0.1) is 11.8 Å². The summed E-state index contributed by atoms with van der Waals surface area (Å²) in [4.78, 5) is 11.7. The Morgan fingerprint density at radius 3 is 2.73 bits per heavy atom. The predicted octanol–water partition coefficient (Wildman–Crippen LogP) is 0.522. The smallest absolute Gasteiger partial charge is 0.150 e. The van der Waals surface area contributed by atoms with Crippen molar-refractivity contribution in [3.8, 4) is 0 Å². The number of carbonyl (C=O) groups excluding carboxylic acids is 1. The fourth-order valence-corrected chi connectivity index (χ4v) is 2.34. The van der Waals surface area contributed by atoms with Crippen molar-refractivity contribution in [1.82, 2.24) is 5.32 Å². The third kappa shape index (κ3) is 5.28. The van der Waals surface area contributed by atoms with Crippen molar-refractivity contribution < 1.29 is 13.2 Å². The molecule has 0 aromatic rings. The standard InChI is InChI=1S/C10H19NO3S/c1-15(13,14)8-6-10(12)9-5-3-2-4-7-11-9/h9,11H,2-8H2,1H3. The van der Waals surface area contributed by atoms with E-state index in [0.717, 1.165) is 32.2 Å². The fourth-order valence-electron chi connectivity index (χ4n) is 1.76. The highest BCUT2D eigenvalue weighted by molar-refractivity contribution is 7.90. The van der Waals surface area contributed by atoms with Crippen LogP contribution in [0.15, 0.2) is 0 Å². The number of nitrogens with one attached hydrogen (secondary N) is 1. The van der Waals surface area contributed by atoms with Crippen LogP contribution in [0.25, 0.3) is 0 Å². The lowest BCUT2D eigenvalue weighted by atomic mass is 10.1. The van der Waals surface area contributed by atoms with E-state index in [4.69, 9.17) is 0 Å². The molecule has 1 unspecified atom stereocenters. The number of carbonyl (C=O) groups is 1. The summed E-state index contributed by atoms with van der Waals surface area (Å²) >= 11 is 0. The molecule has 4 nitrogen and oxygen atoms in total. The third-order valence-electron chi connectivity index (χ3n) is 2.67. The van der Waals surface area contributed by atoms with Crippen LogP contribution >= 0.6 is 0 Å². The number of sulfone groups is 1. The van der Waals surface area contributed by atoms with Gasteiger partial charge in [-0.3, -0.25) is 4.79 Å². The summed E-state index contributed by atoms with van der Waals surface area (Å²) in [7, 11) is -3.02. The van der Waals surface area contributed by atoms with Crippen molar-refractivity contribution in [2.24, 2.45) is 0 Å². The van der Waals surface area contributed by atoms with Crippen molar-refractivity contribution in [3.05, 3.63) is 0 Å². The molecule has 15 heavy (non-hydrogen) atoms. The number of ketones is 1. The lowest BCUT2D eigenvalue weighted by molar-refractivity contribution is -0.120. The molecule has 1 heterocycles. The Labute approximate surface area is 91.4 Å². The first-order valence-electron chi connectivity index (χ1n) is 5.43. The summed E-state index contributed by atoms with van der Waals surface area (Å²) in [6.45, 7) is 0.870. The molecular formula is C10H19NO3S. The molecule has 0 spiro atoms. The van der Waals surface area contributed by atoms with Gasteiger partial charge >= 0.3 is 0 Å². The molecule has 1 aliphatic rings. The molecule has 1 rings (SSSR count). The van der Waals surface area contributed by atoms with Gasteiger partial charge in [-0.15, -0.1) is 0 Å². The molecule has 1 N–H and O–H groups in total. The summed E-state index contributed by atoms with van der Waals surface area (Å²) in [6.07, 6.45) is 5.49. The van der Waals surface area contributed by atoms with Crippen LogP contribution in [0.5, 0.6) is 0 Å². The lowest BCUT2D eigenvalue weighted by Gasteiger charge is -2.13. The monoisotopic (exact) mass is 233 g/mol. The van der Waals surface area contributed by atoms with Crippen LogP contribution < -0.4 is 5.32 Å². The minimum Gasteiger partial charge on any atom is -0.307 e. The van der Waals surface area contributed by atoms with E-state index in [1.165, 1.54) is 6.26 Å². The van der Waals surface area contributed by atoms with Crippen molar-refractivity contribution in [3.63, 3.8) is 0 Å². The van der Waals surface area contributed by atoms with E-state index in [-0.39, 0.29) is 24.0 Å². The van der Waals surface area contributed by atoms with Gasteiger partial charge in [-0.25, -0.2) is 8.42 Å². The van der Waals surface area contributed by atoms with Crippen molar-refractivity contribution in [1.29, 1.82) is 0 Å². The quantitative estimate of drug-likeness (QED) is 0.769. The molecule has 0 aromatic heterocycles. The Morgan fingerprint density at radius 2 is 2.07 bits per heavy atom. The molecule has 0 aromatic carbocycles. The zero-order valence-corrected chi connectivity index (χ0v) is 9.98. The summed E-state index contributed by atoms with van der Waals surface area (Å²) in [6, 6.07) is -0.116. The van der Waals surface area contributed by atoms with Crippen LogP contribution in [0, 0.1) is 0 Å². The average molecular weight is 233 g/mol. The fraction of sp³-hybridized carbons (Fsp3) is 0.900. The molecule has 0 radical (unpaired) electrons. The van der Waals surface area contributed by atoms with Crippen LogP contribution in [0.3, 0.4) is 0 Å². The van der Waals surface area contributed by atoms with Crippen molar-refractivity contribution in [2.45, 2.75) is 38.1 Å². The maximum absolute atomic E-state index is 11.7. The minimum atomic E-state index is -3.02. The van der Waals surface area contributed by atoms with Gasteiger partial charge < -0.3 is 5.32 Å². The SMILES string of the molecule is CS(=O)(=O)CCC(=O)C1CCCCCN1. The molecular weight excluding hydrogens is 214 g/mol. The molecule has 0 amide bonds. The second-order valence-electron chi connectivity index (χ2n) is 4.20. The van der Waals surface area contributed by atoms with Gasteiger partial charge in [-0.2, -0.15) is 0 Å². The molecule has 1 aliphatic heterocycles. The molecule has 5 heteroatoms. The maximum atomic E-state index is 11.7. The maximum Gasteiger partial charge on any atom is 0.150 e. The third-order valence-corrected chi connectivity index (χ3v) is 3.61. The molecule has 1 fully saturated rings. The Balaban J connectivity index is 2.38. The minimum absolute atomic E-state index is 0.0238. The molecule has 1 atom stereocenters. The van der Waals surface area contributed by atoms with Gasteiger partial charge in [0.15, 0.2) is 5.78 Å². The van der Waals surface area contributed by atoms with E-state index in [1.807, 2.05) is 0 Å². The first-order chi connectivity index (χ1) is 6.99. The summed E-state index contributed by atoms with van der Waals surface area (Å²) in [5.74, 6) is 0.0200. The van der Waals surface area contributed by atoms with Crippen LogP contribution in [0.4, 0.5) is 0 Å². The highest BCUT2D eigenvalue weighted by atomic mass is 32.2. The first-order valence-corrected chi connectivity index (χ1v) is 7.49. The van der Waals surface area contributed by atoms with Gasteiger partial charge in [0.1, 0.15) is 9.84 Å². The van der Waals surface area contributed by atoms with Gasteiger partial charge in [0.25, 0.3) is 0 Å². The number of hydrogen-bond acceptors (Lipinski definition) is 4. The molecule has 0 bridgehead atoms. The Hall–Kier alpha value is -0.420. The van der Waals surface area contributed by atoms with Crippen LogP contribution in [0.1, 0.15) is 32.1 Å². The zero-order valence-electron chi connectivity index (χ0n) is 9.16. The normalized spacial score (nSPS) is 23.4. The van der Waals surface area contributed by atoms with Crippen LogP contribution in [-0.2, 0) is 14.6 Å². The van der Waals surface area contributed by atoms with Crippen molar-refractivity contribution >= 4 is 15.6 Å². The first kappa shape index (κ1) is 12.6. The second kappa shape index (κ2) is 5.61. The average Bonchev–Trinajstić information content (AvgIpc) is 2.41. The van der Waals surface area contributed by atoms with Gasteiger partial charge in [0.2, 0.25) is 0 Å². The van der Waals surface area contributed by atoms with E-state index in [1.54, 1.807) is 0 Å². The van der Waals surface area contributed by atoms with Gasteiger partial charge in [-0.1, -0.05) is 12.8 Å². The summed E-state index contributed by atoms with van der Waals surface area (Å²) < 4.78 is 21.8. The largest absolute Gasteiger partial charge is 0.307 e. The van der Waals surface area contributed by atoms with E-state index in [2.05, 4.69) is 5.32 Å². The Bertz CT molecular complexity index is 303. The number of Topliss-reactive ketones (excluding diaryl/α,β-unsaturated/α-hetero) is 1. The van der Waals surface area contributed by atoms with Gasteiger partial charge in [0, 0.05) is 12.7 Å². The van der Waals surface area contributed by atoms with E-state index in [0.29, 0.717) is 0 Å². The number of hydrogen-bond donors (Lipinski definition) is 1. The topological polar surface area (TPSA) is 63.2 Å². The Kier molecular flexibility index (Phi) is 4.73. The second-order valence-corrected chi connectivity index (χ2v) is 6.46. The van der Waals surface area contributed by atoms with Gasteiger partial charge in [-0.05, 0) is 19.4 Å². The summed E-state index contributed by atoms with van der Waals surface area (Å²) in [5, 5.41) is 3.17. The van der Waals surface area contributed by atoms with E-state index in [9.17, 15) is 13.2 Å². The van der Waals surface area contributed by atoms with E-state index < -0.39 is 9.84 Å². The Morgan fingerprint density at radius 1 is 1.33 bits per heavy atom. The van der Waals surface area contributed by atoms with Crippen molar-refractivity contribution in [2.75, 3.05) is 18.6 Å². The van der Waals surface area contributed by atoms with Crippen LogP contribution in [-0.4, -0.2) is 38.8 Å². The molecule has 0 aliphatic carbocycles. The molecule has 1 saturated heterocycles. The predicted molar refractivity (Wildman–Crippen MR) is 59.6 cm³/mol. The zero-order chi connectivity index (χ0) is 11.3. The highest BCUT2D eigenvalue weighted by Crippen LogP contribution is 2.10. The number of rotatable bonds is 4. The molecule has 88 valence electrons. The van der Waals surface area contributed by atoms with E-state index >= 15 is 0 Å². The van der Waals surface area contributed by atoms with Crippen LogP contribution in [0.2, 0.25) is 0 Å². The summed E-state index contributed by atoms with van der Waals surface area (Å²) in [5.41, 5.74) is 0. The highest BCUT2D eigenvalue weighted by Gasteiger charge is 2.20.